The van der Waals surface area contributed by atoms with Crippen molar-refractivity contribution in [1.82, 2.24) is 5.32 Å². The lowest BCUT2D eigenvalue weighted by molar-refractivity contribution is 0.494. The molecule has 5 heteroatoms. The van der Waals surface area contributed by atoms with Crippen LogP contribution in [0, 0.1) is 6.92 Å². The summed E-state index contributed by atoms with van der Waals surface area (Å²) in [6.07, 6.45) is 0. The summed E-state index contributed by atoms with van der Waals surface area (Å²) in [4.78, 5) is 1.33. The molecule has 2 heterocycles. The Morgan fingerprint density at radius 2 is 1.95 bits per heavy atom. The molecule has 116 valence electrons. The van der Waals surface area contributed by atoms with Crippen molar-refractivity contribution in [3.05, 3.63) is 69.1 Å². The molecule has 2 nitrogen and oxygen atoms in total. The molecule has 0 aliphatic rings. The molecule has 3 rings (SSSR count). The van der Waals surface area contributed by atoms with Crippen LogP contribution in [-0.2, 0) is 13.1 Å². The SMILES string of the molecule is Cc1c(Cl)cccc1-c1ccc(CNCc2cccs2)o1.Cl. The van der Waals surface area contributed by atoms with Gasteiger partial charge in [0.05, 0.1) is 6.54 Å². The number of rotatable bonds is 5. The van der Waals surface area contributed by atoms with Crippen LogP contribution in [0.4, 0.5) is 0 Å². The third kappa shape index (κ3) is 3.93. The first-order chi connectivity index (χ1) is 10.2. The van der Waals surface area contributed by atoms with Crippen LogP contribution in [0.15, 0.2) is 52.3 Å². The lowest BCUT2D eigenvalue weighted by Crippen LogP contribution is -2.10. The van der Waals surface area contributed by atoms with Crippen LogP contribution in [0.2, 0.25) is 5.02 Å². The highest BCUT2D eigenvalue weighted by Gasteiger charge is 2.09. The van der Waals surface area contributed by atoms with Crippen molar-refractivity contribution in [3.8, 4) is 11.3 Å². The average Bonchev–Trinajstić information content (AvgIpc) is 3.14. The van der Waals surface area contributed by atoms with Gasteiger partial charge in [0.2, 0.25) is 0 Å². The Balaban J connectivity index is 0.00000176. The van der Waals surface area contributed by atoms with Crippen molar-refractivity contribution in [2.75, 3.05) is 0 Å². The van der Waals surface area contributed by atoms with Gasteiger partial charge in [-0.05, 0) is 42.1 Å². The number of benzene rings is 1. The zero-order valence-electron chi connectivity index (χ0n) is 12.1. The first-order valence-electron chi connectivity index (χ1n) is 6.81. The summed E-state index contributed by atoms with van der Waals surface area (Å²) < 4.78 is 5.91. The molecular formula is C17H17Cl2NOS. The van der Waals surface area contributed by atoms with E-state index in [0.29, 0.717) is 0 Å². The second-order valence-electron chi connectivity index (χ2n) is 4.86. The summed E-state index contributed by atoms with van der Waals surface area (Å²) in [7, 11) is 0. The van der Waals surface area contributed by atoms with Crippen molar-refractivity contribution in [3.63, 3.8) is 0 Å². The molecule has 0 aliphatic carbocycles. The Hall–Kier alpha value is -1.26. The molecule has 2 aromatic heterocycles. The highest BCUT2D eigenvalue weighted by atomic mass is 35.5. The van der Waals surface area contributed by atoms with Gasteiger partial charge in [0.15, 0.2) is 0 Å². The quantitative estimate of drug-likeness (QED) is 0.637. The van der Waals surface area contributed by atoms with E-state index < -0.39 is 0 Å². The lowest BCUT2D eigenvalue weighted by Gasteiger charge is -2.04. The van der Waals surface area contributed by atoms with E-state index in [1.54, 1.807) is 11.3 Å². The molecule has 0 unspecified atom stereocenters. The van der Waals surface area contributed by atoms with Gasteiger partial charge in [-0.3, -0.25) is 0 Å². The summed E-state index contributed by atoms with van der Waals surface area (Å²) in [5.74, 6) is 1.80. The molecule has 0 amide bonds. The van der Waals surface area contributed by atoms with Gasteiger partial charge in [-0.25, -0.2) is 0 Å². The van der Waals surface area contributed by atoms with E-state index in [1.165, 1.54) is 4.88 Å². The molecule has 0 bridgehead atoms. The van der Waals surface area contributed by atoms with Gasteiger partial charge >= 0.3 is 0 Å². The minimum atomic E-state index is 0. The molecule has 1 N–H and O–H groups in total. The largest absolute Gasteiger partial charge is 0.460 e. The van der Waals surface area contributed by atoms with Crippen molar-refractivity contribution in [2.24, 2.45) is 0 Å². The Morgan fingerprint density at radius 1 is 1.09 bits per heavy atom. The monoisotopic (exact) mass is 353 g/mol. The normalized spacial score (nSPS) is 10.5. The van der Waals surface area contributed by atoms with E-state index in [4.69, 9.17) is 16.0 Å². The Morgan fingerprint density at radius 3 is 2.73 bits per heavy atom. The lowest BCUT2D eigenvalue weighted by atomic mass is 10.1. The van der Waals surface area contributed by atoms with E-state index in [-0.39, 0.29) is 12.4 Å². The predicted molar refractivity (Wildman–Crippen MR) is 96.0 cm³/mol. The minimum Gasteiger partial charge on any atom is -0.460 e. The fourth-order valence-corrected chi connectivity index (χ4v) is 3.06. The van der Waals surface area contributed by atoms with Crippen molar-refractivity contribution in [2.45, 2.75) is 20.0 Å². The van der Waals surface area contributed by atoms with Gasteiger partial charge < -0.3 is 9.73 Å². The zero-order chi connectivity index (χ0) is 14.7. The first kappa shape index (κ1) is 17.1. The minimum absolute atomic E-state index is 0. The standard InChI is InChI=1S/C17H16ClNOS.ClH/c1-12-15(5-2-6-16(12)18)17-8-7-13(20-17)10-19-11-14-4-3-9-21-14;/h2-9,19H,10-11H2,1H3;1H. The molecule has 0 saturated heterocycles. The molecule has 22 heavy (non-hydrogen) atoms. The van der Waals surface area contributed by atoms with Gasteiger partial charge in [-0.15, -0.1) is 23.7 Å². The Kier molecular flexibility index (Phi) is 6.09. The second-order valence-corrected chi connectivity index (χ2v) is 6.30. The second kappa shape index (κ2) is 7.84. The molecule has 0 fully saturated rings. The molecular weight excluding hydrogens is 337 g/mol. The van der Waals surface area contributed by atoms with Crippen molar-refractivity contribution in [1.29, 1.82) is 0 Å². The Labute approximate surface area is 145 Å². The fourth-order valence-electron chi connectivity index (χ4n) is 2.21. The molecule has 1 aromatic carbocycles. The van der Waals surface area contributed by atoms with E-state index in [2.05, 4.69) is 22.8 Å². The average molecular weight is 354 g/mol. The summed E-state index contributed by atoms with van der Waals surface area (Å²) in [5.41, 5.74) is 2.10. The van der Waals surface area contributed by atoms with Gasteiger partial charge in [-0.1, -0.05) is 29.8 Å². The summed E-state index contributed by atoms with van der Waals surface area (Å²) in [5, 5.41) is 6.24. The molecule has 0 saturated carbocycles. The van der Waals surface area contributed by atoms with Gasteiger partial charge in [-0.2, -0.15) is 0 Å². The molecule has 0 atom stereocenters. The first-order valence-corrected chi connectivity index (χ1v) is 8.07. The van der Waals surface area contributed by atoms with Crippen LogP contribution in [0.3, 0.4) is 0 Å². The van der Waals surface area contributed by atoms with Crippen LogP contribution in [0.1, 0.15) is 16.2 Å². The summed E-state index contributed by atoms with van der Waals surface area (Å²) in [6.45, 7) is 3.59. The fraction of sp³-hybridized carbons (Fsp3) is 0.176. The van der Waals surface area contributed by atoms with Gasteiger partial charge in [0.25, 0.3) is 0 Å². The van der Waals surface area contributed by atoms with Gasteiger partial charge in [0.1, 0.15) is 11.5 Å². The number of halogens is 2. The third-order valence-electron chi connectivity index (χ3n) is 3.37. The molecule has 0 radical (unpaired) electrons. The van der Waals surface area contributed by atoms with E-state index in [1.807, 2.05) is 37.3 Å². The maximum atomic E-state index is 6.16. The number of furan rings is 1. The zero-order valence-corrected chi connectivity index (χ0v) is 14.5. The predicted octanol–water partition coefficient (Wildman–Crippen LogP) is 5.68. The van der Waals surface area contributed by atoms with Crippen molar-refractivity contribution < 1.29 is 4.42 Å². The number of hydrogen-bond donors (Lipinski definition) is 1. The number of hydrogen-bond acceptors (Lipinski definition) is 3. The summed E-state index contributed by atoms with van der Waals surface area (Å²) in [6, 6.07) is 14.1. The summed E-state index contributed by atoms with van der Waals surface area (Å²) >= 11 is 7.91. The molecule has 0 spiro atoms. The van der Waals surface area contributed by atoms with E-state index in [0.717, 1.165) is 40.8 Å². The van der Waals surface area contributed by atoms with Crippen LogP contribution in [-0.4, -0.2) is 0 Å². The van der Waals surface area contributed by atoms with E-state index >= 15 is 0 Å². The van der Waals surface area contributed by atoms with Crippen LogP contribution in [0.25, 0.3) is 11.3 Å². The molecule has 0 aliphatic heterocycles. The number of nitrogens with one attached hydrogen (secondary N) is 1. The van der Waals surface area contributed by atoms with Crippen molar-refractivity contribution >= 4 is 35.3 Å². The maximum Gasteiger partial charge on any atom is 0.134 e. The van der Waals surface area contributed by atoms with E-state index in [9.17, 15) is 0 Å². The van der Waals surface area contributed by atoms with Gasteiger partial charge in [0, 0.05) is 22.0 Å². The van der Waals surface area contributed by atoms with Crippen LogP contribution >= 0.6 is 35.3 Å². The Bertz CT molecular complexity index is 722. The molecule has 3 aromatic rings. The topological polar surface area (TPSA) is 25.2 Å². The smallest absolute Gasteiger partial charge is 0.134 e. The highest BCUT2D eigenvalue weighted by molar-refractivity contribution is 7.09. The number of thiophene rings is 1. The van der Waals surface area contributed by atoms with Crippen LogP contribution < -0.4 is 5.32 Å². The van der Waals surface area contributed by atoms with Crippen LogP contribution in [0.5, 0.6) is 0 Å². The third-order valence-corrected chi connectivity index (χ3v) is 4.66. The maximum absolute atomic E-state index is 6.16. The highest BCUT2D eigenvalue weighted by Crippen LogP contribution is 2.29.